The molecule has 1 fully saturated rings. The second kappa shape index (κ2) is 6.85. The van der Waals surface area contributed by atoms with Crippen molar-refractivity contribution >= 4 is 17.2 Å². The van der Waals surface area contributed by atoms with Gasteiger partial charge >= 0.3 is 6.18 Å². The zero-order valence-corrected chi connectivity index (χ0v) is 15.9. The zero-order chi connectivity index (χ0) is 20.0. The van der Waals surface area contributed by atoms with E-state index in [2.05, 4.69) is 10.1 Å². The molecule has 0 N–H and O–H groups in total. The fourth-order valence-corrected chi connectivity index (χ4v) is 3.39. The van der Waals surface area contributed by atoms with E-state index in [4.69, 9.17) is 0 Å². The van der Waals surface area contributed by atoms with Gasteiger partial charge in [0.2, 0.25) is 4.80 Å². The van der Waals surface area contributed by atoms with Gasteiger partial charge in [-0.1, -0.05) is 38.2 Å². The second-order valence-corrected chi connectivity index (χ2v) is 8.60. The van der Waals surface area contributed by atoms with Crippen molar-refractivity contribution in [1.29, 1.82) is 0 Å². The number of alkyl halides is 3. The Hall–Kier alpha value is -2.03. The summed E-state index contributed by atoms with van der Waals surface area (Å²) in [5.41, 5.74) is -2.45. The normalized spacial score (nSPS) is 16.0. The summed E-state index contributed by atoms with van der Waals surface area (Å²) in [7, 11) is 0. The summed E-state index contributed by atoms with van der Waals surface area (Å²) in [6.07, 6.45) is -2.76. The number of nitrogens with zero attached hydrogens (tertiary/aromatic N) is 3. The fourth-order valence-electron chi connectivity index (χ4n) is 2.42. The zero-order valence-electron chi connectivity index (χ0n) is 15.1. The highest BCUT2D eigenvalue weighted by atomic mass is 32.1. The number of hydrogen-bond acceptors (Lipinski definition) is 3. The highest BCUT2D eigenvalue weighted by Crippen LogP contribution is 2.33. The first-order chi connectivity index (χ1) is 12.5. The summed E-state index contributed by atoms with van der Waals surface area (Å²) >= 11 is 1.19. The first-order valence-electron chi connectivity index (χ1n) is 8.50. The summed E-state index contributed by atoms with van der Waals surface area (Å²) in [4.78, 5) is 16.6. The summed E-state index contributed by atoms with van der Waals surface area (Å²) < 4.78 is 54.4. The van der Waals surface area contributed by atoms with E-state index >= 15 is 0 Å². The van der Waals surface area contributed by atoms with Crippen LogP contribution in [0.3, 0.4) is 0 Å². The Bertz CT molecular complexity index is 933. The fraction of sp³-hybridized carbons (Fsp3) is 0.500. The highest BCUT2D eigenvalue weighted by molar-refractivity contribution is 7.09. The van der Waals surface area contributed by atoms with E-state index in [1.54, 1.807) is 4.68 Å². The molecule has 9 heteroatoms. The number of carbonyl (C=O) groups is 1. The molecule has 0 spiro atoms. The molecule has 1 aliphatic carbocycles. The van der Waals surface area contributed by atoms with Gasteiger partial charge in [-0.2, -0.15) is 23.3 Å². The first kappa shape index (κ1) is 19.7. The number of aromatic nitrogens is 2. The lowest BCUT2D eigenvalue weighted by atomic mass is 9.98. The molecule has 27 heavy (non-hydrogen) atoms. The van der Waals surface area contributed by atoms with Crippen LogP contribution in [0.25, 0.3) is 0 Å². The van der Waals surface area contributed by atoms with Crippen LogP contribution in [0.2, 0.25) is 0 Å². The van der Waals surface area contributed by atoms with Gasteiger partial charge in [0.05, 0.1) is 11.1 Å². The molecule has 0 unspecified atom stereocenters. The maximum atomic E-state index is 14.2. The molecule has 0 atom stereocenters. The van der Waals surface area contributed by atoms with Gasteiger partial charge in [-0.15, -0.1) is 0 Å². The van der Waals surface area contributed by atoms with Gasteiger partial charge in [-0.3, -0.25) is 4.79 Å². The van der Waals surface area contributed by atoms with Crippen LogP contribution in [0.5, 0.6) is 0 Å². The van der Waals surface area contributed by atoms with Crippen molar-refractivity contribution in [2.75, 3.05) is 0 Å². The highest BCUT2D eigenvalue weighted by Gasteiger charge is 2.35. The van der Waals surface area contributed by atoms with E-state index in [0.717, 1.165) is 30.0 Å². The number of carbonyl (C=O) groups excluding carboxylic acids is 1. The molecule has 1 amide bonds. The topological polar surface area (TPSA) is 47.2 Å². The van der Waals surface area contributed by atoms with E-state index in [0.29, 0.717) is 18.5 Å². The van der Waals surface area contributed by atoms with E-state index < -0.39 is 29.0 Å². The third kappa shape index (κ3) is 4.45. The number of halogens is 4. The van der Waals surface area contributed by atoms with Gasteiger partial charge in [0.1, 0.15) is 10.8 Å². The van der Waals surface area contributed by atoms with Crippen LogP contribution in [-0.4, -0.2) is 15.7 Å². The lowest BCUT2D eigenvalue weighted by Gasteiger charge is -2.12. The third-order valence-electron chi connectivity index (χ3n) is 4.12. The van der Waals surface area contributed by atoms with Gasteiger partial charge in [-0.25, -0.2) is 9.07 Å². The molecule has 0 radical (unpaired) electrons. The molecule has 1 aromatic carbocycles. The maximum Gasteiger partial charge on any atom is 0.419 e. The van der Waals surface area contributed by atoms with E-state index in [9.17, 15) is 22.4 Å². The van der Waals surface area contributed by atoms with Crippen LogP contribution in [0, 0.1) is 11.7 Å². The van der Waals surface area contributed by atoms with Gasteiger partial charge in [0.25, 0.3) is 5.91 Å². The summed E-state index contributed by atoms with van der Waals surface area (Å²) in [5, 5.41) is 5.25. The molecular weight excluding hydrogens is 382 g/mol. The van der Waals surface area contributed by atoms with Crippen LogP contribution in [0.4, 0.5) is 17.6 Å². The average molecular weight is 401 g/mol. The minimum Gasteiger partial charge on any atom is -0.267 e. The van der Waals surface area contributed by atoms with Crippen molar-refractivity contribution in [2.24, 2.45) is 10.9 Å². The van der Waals surface area contributed by atoms with Crippen LogP contribution >= 0.6 is 11.3 Å². The van der Waals surface area contributed by atoms with Crippen LogP contribution < -0.4 is 4.80 Å². The molecule has 2 aromatic rings. The monoisotopic (exact) mass is 401 g/mol. The number of rotatable bonds is 3. The van der Waals surface area contributed by atoms with E-state index in [1.165, 1.54) is 11.3 Å². The minimum atomic E-state index is -4.88. The predicted octanol–water partition coefficient (Wildman–Crippen LogP) is 4.55. The van der Waals surface area contributed by atoms with Crippen LogP contribution in [-0.2, 0) is 18.1 Å². The number of amides is 1. The molecule has 146 valence electrons. The molecule has 1 aliphatic rings. The Morgan fingerprint density at radius 2 is 1.96 bits per heavy atom. The number of benzene rings is 1. The SMILES string of the molecule is CC(C)(C)c1nn(CC2CC2)/c(=N/C(=O)c2cccc(C(F)(F)F)c2F)s1. The van der Waals surface area contributed by atoms with Gasteiger partial charge in [-0.05, 0) is 30.9 Å². The summed E-state index contributed by atoms with van der Waals surface area (Å²) in [5.74, 6) is -2.19. The molecule has 4 nitrogen and oxygen atoms in total. The predicted molar refractivity (Wildman–Crippen MR) is 92.8 cm³/mol. The van der Waals surface area contributed by atoms with Crippen molar-refractivity contribution in [2.45, 2.75) is 51.7 Å². The first-order valence-corrected chi connectivity index (χ1v) is 9.31. The Kier molecular flexibility index (Phi) is 5.00. The van der Waals surface area contributed by atoms with Gasteiger partial charge < -0.3 is 0 Å². The lowest BCUT2D eigenvalue weighted by molar-refractivity contribution is -0.140. The lowest BCUT2D eigenvalue weighted by Crippen LogP contribution is -2.20. The Labute approximate surface area is 157 Å². The number of hydrogen-bond donors (Lipinski definition) is 0. The van der Waals surface area contributed by atoms with Crippen molar-refractivity contribution in [3.63, 3.8) is 0 Å². The van der Waals surface area contributed by atoms with Crippen molar-refractivity contribution in [3.05, 3.63) is 45.0 Å². The molecule has 1 aromatic heterocycles. The summed E-state index contributed by atoms with van der Waals surface area (Å²) in [6, 6.07) is 2.61. The Balaban J connectivity index is 2.04. The molecule has 0 aliphatic heterocycles. The average Bonchev–Trinajstić information content (AvgIpc) is 3.25. The Morgan fingerprint density at radius 3 is 2.52 bits per heavy atom. The van der Waals surface area contributed by atoms with Crippen LogP contribution in [0.15, 0.2) is 23.2 Å². The molecule has 1 saturated carbocycles. The minimum absolute atomic E-state index is 0.270. The standard InChI is InChI=1S/C18H19F4N3OS/c1-17(2,3)15-24-25(9-10-7-8-10)16(27-15)23-14(26)11-5-4-6-12(13(11)19)18(20,21)22/h4-6,10H,7-9H2,1-3H3/b23-16-. The van der Waals surface area contributed by atoms with Gasteiger partial charge in [0, 0.05) is 12.0 Å². The largest absolute Gasteiger partial charge is 0.419 e. The molecule has 3 rings (SSSR count). The quantitative estimate of drug-likeness (QED) is 0.709. The molecule has 0 bridgehead atoms. The van der Waals surface area contributed by atoms with Crippen molar-refractivity contribution < 1.29 is 22.4 Å². The third-order valence-corrected chi connectivity index (χ3v) is 5.49. The van der Waals surface area contributed by atoms with Crippen molar-refractivity contribution in [1.82, 2.24) is 9.78 Å². The smallest absolute Gasteiger partial charge is 0.267 e. The van der Waals surface area contributed by atoms with Crippen LogP contribution in [0.1, 0.15) is 54.5 Å². The molecule has 0 saturated heterocycles. The van der Waals surface area contributed by atoms with E-state index in [1.807, 2.05) is 20.8 Å². The molecule has 1 heterocycles. The van der Waals surface area contributed by atoms with E-state index in [-0.39, 0.29) is 10.2 Å². The summed E-state index contributed by atoms with van der Waals surface area (Å²) in [6.45, 7) is 6.48. The van der Waals surface area contributed by atoms with Crippen molar-refractivity contribution in [3.8, 4) is 0 Å². The second-order valence-electron chi connectivity index (χ2n) is 7.65. The maximum absolute atomic E-state index is 14.2. The molecular formula is C18H19F4N3OS. The Morgan fingerprint density at radius 1 is 1.30 bits per heavy atom. The van der Waals surface area contributed by atoms with Gasteiger partial charge in [0.15, 0.2) is 0 Å².